The number of rotatable bonds is 12. The topological polar surface area (TPSA) is 16.8 Å². The molecule has 3 rings (SSSR count). The van der Waals surface area contributed by atoms with E-state index in [4.69, 9.17) is 5.10 Å². The first-order valence-corrected chi connectivity index (χ1v) is 11.9. The third-order valence-electron chi connectivity index (χ3n) is 5.76. The first kappa shape index (κ1) is 22.2. The van der Waals surface area contributed by atoms with Crippen molar-refractivity contribution in [3.8, 4) is 5.69 Å². The lowest BCUT2D eigenvalue weighted by molar-refractivity contribution is -0.659. The Morgan fingerprint density at radius 1 is 0.767 bits per heavy atom. The standard InChI is InChI=1S/C28H37N2/c1-3-5-7-9-10-15-23-28-26(21-14-8-6-4-2)25-20-16-17-22-27(25)29-30(28)24-18-12-11-13-19-24/h11-13,15-20,22-23H,3-10,14,21H2,1-2H3/q+1/b23-15+. The first-order chi connectivity index (χ1) is 14.8. The van der Waals surface area contributed by atoms with E-state index in [1.807, 2.05) is 0 Å². The van der Waals surface area contributed by atoms with Crippen LogP contribution in [0.3, 0.4) is 0 Å². The van der Waals surface area contributed by atoms with Crippen LogP contribution in [0, 0.1) is 0 Å². The highest BCUT2D eigenvalue weighted by molar-refractivity contribution is 5.83. The molecule has 0 saturated carbocycles. The van der Waals surface area contributed by atoms with Crippen LogP contribution in [-0.4, -0.2) is 5.10 Å². The third kappa shape index (κ3) is 6.01. The molecule has 158 valence electrons. The summed E-state index contributed by atoms with van der Waals surface area (Å²) >= 11 is 0. The Balaban J connectivity index is 2.01. The summed E-state index contributed by atoms with van der Waals surface area (Å²) in [5.41, 5.74) is 4.88. The van der Waals surface area contributed by atoms with E-state index in [-0.39, 0.29) is 0 Å². The van der Waals surface area contributed by atoms with Gasteiger partial charge in [0, 0.05) is 34.3 Å². The Morgan fingerprint density at radius 2 is 1.47 bits per heavy atom. The van der Waals surface area contributed by atoms with Gasteiger partial charge in [-0.05, 0) is 36.4 Å². The van der Waals surface area contributed by atoms with Gasteiger partial charge in [-0.3, -0.25) is 0 Å². The average molecular weight is 402 g/mol. The molecular formula is C28H37N2+. The van der Waals surface area contributed by atoms with Gasteiger partial charge >= 0.3 is 0 Å². The van der Waals surface area contributed by atoms with E-state index in [9.17, 15) is 0 Å². The number of aromatic nitrogens is 2. The molecule has 0 atom stereocenters. The predicted octanol–water partition coefficient (Wildman–Crippen LogP) is 7.62. The second-order valence-corrected chi connectivity index (χ2v) is 8.19. The smallest absolute Gasteiger partial charge is 0.0778 e. The molecule has 2 heteroatoms. The lowest BCUT2D eigenvalue weighted by Gasteiger charge is -2.09. The van der Waals surface area contributed by atoms with Crippen LogP contribution in [0.5, 0.6) is 0 Å². The lowest BCUT2D eigenvalue weighted by Crippen LogP contribution is -2.39. The zero-order valence-electron chi connectivity index (χ0n) is 18.8. The van der Waals surface area contributed by atoms with Crippen LogP contribution >= 0.6 is 0 Å². The van der Waals surface area contributed by atoms with E-state index >= 15 is 0 Å². The summed E-state index contributed by atoms with van der Waals surface area (Å²) < 4.78 is 2.15. The quantitative estimate of drug-likeness (QED) is 0.225. The minimum absolute atomic E-state index is 1.08. The molecule has 0 unspecified atom stereocenters. The van der Waals surface area contributed by atoms with Crippen LogP contribution in [-0.2, 0) is 6.42 Å². The highest BCUT2D eigenvalue weighted by atomic mass is 15.3. The highest BCUT2D eigenvalue weighted by Gasteiger charge is 2.22. The lowest BCUT2D eigenvalue weighted by atomic mass is 9.99. The molecule has 0 bridgehead atoms. The second kappa shape index (κ2) is 12.3. The summed E-state index contributed by atoms with van der Waals surface area (Å²) in [6, 6.07) is 19.2. The maximum Gasteiger partial charge on any atom is 0.242 e. The monoisotopic (exact) mass is 401 g/mol. The van der Waals surface area contributed by atoms with E-state index in [1.165, 1.54) is 68.0 Å². The van der Waals surface area contributed by atoms with E-state index in [2.05, 4.69) is 85.3 Å². The van der Waals surface area contributed by atoms with Crippen molar-refractivity contribution in [2.75, 3.05) is 0 Å². The van der Waals surface area contributed by atoms with Gasteiger partial charge in [-0.15, -0.1) is 0 Å². The van der Waals surface area contributed by atoms with Gasteiger partial charge in [0.1, 0.15) is 5.52 Å². The Bertz CT molecular complexity index is 928. The van der Waals surface area contributed by atoms with Crippen molar-refractivity contribution < 1.29 is 4.68 Å². The molecule has 0 spiro atoms. The van der Waals surface area contributed by atoms with Gasteiger partial charge in [-0.2, -0.15) is 0 Å². The number of allylic oxidation sites excluding steroid dienone is 1. The molecule has 1 aromatic heterocycles. The molecule has 3 aromatic rings. The van der Waals surface area contributed by atoms with Crippen LogP contribution in [0.1, 0.15) is 82.9 Å². The molecule has 30 heavy (non-hydrogen) atoms. The summed E-state index contributed by atoms with van der Waals surface area (Å²) in [6.07, 6.45) is 17.2. The number of fused-ring (bicyclic) bond motifs is 1. The van der Waals surface area contributed by atoms with Crippen LogP contribution in [0.4, 0.5) is 0 Å². The summed E-state index contributed by atoms with van der Waals surface area (Å²) in [4.78, 5) is 0. The highest BCUT2D eigenvalue weighted by Crippen LogP contribution is 2.23. The third-order valence-corrected chi connectivity index (χ3v) is 5.76. The summed E-state index contributed by atoms with van der Waals surface area (Å²) in [7, 11) is 0. The van der Waals surface area contributed by atoms with Gasteiger partial charge in [0.05, 0.1) is 0 Å². The van der Waals surface area contributed by atoms with Gasteiger partial charge < -0.3 is 0 Å². The van der Waals surface area contributed by atoms with Gasteiger partial charge in [-0.25, -0.2) is 0 Å². The Hall–Kier alpha value is -2.48. The summed E-state index contributed by atoms with van der Waals surface area (Å²) in [6.45, 7) is 4.54. The van der Waals surface area contributed by atoms with Crippen LogP contribution < -0.4 is 4.68 Å². The summed E-state index contributed by atoms with van der Waals surface area (Å²) in [5.74, 6) is 0. The van der Waals surface area contributed by atoms with Crippen LogP contribution in [0.2, 0.25) is 0 Å². The largest absolute Gasteiger partial charge is 0.242 e. The van der Waals surface area contributed by atoms with Crippen molar-refractivity contribution in [2.45, 2.75) is 78.1 Å². The Labute approximate surface area is 182 Å². The Morgan fingerprint density at radius 3 is 2.23 bits per heavy atom. The van der Waals surface area contributed by atoms with Gasteiger partial charge in [0.15, 0.2) is 0 Å². The average Bonchev–Trinajstić information content (AvgIpc) is 2.79. The maximum atomic E-state index is 5.04. The molecule has 0 fully saturated rings. The first-order valence-electron chi connectivity index (χ1n) is 11.9. The molecule has 1 heterocycles. The molecule has 0 aliphatic carbocycles. The molecule has 0 aliphatic heterocycles. The number of hydrogen-bond acceptors (Lipinski definition) is 1. The van der Waals surface area contributed by atoms with E-state index < -0.39 is 0 Å². The molecule has 0 amide bonds. The number of para-hydroxylation sites is 1. The number of hydrogen-bond donors (Lipinski definition) is 0. The van der Waals surface area contributed by atoms with E-state index in [0.717, 1.165) is 24.0 Å². The number of unbranched alkanes of at least 4 members (excludes halogenated alkanes) is 7. The van der Waals surface area contributed by atoms with Gasteiger partial charge in [0.25, 0.3) is 0 Å². The molecule has 0 aliphatic rings. The van der Waals surface area contributed by atoms with E-state index in [0.29, 0.717) is 0 Å². The van der Waals surface area contributed by atoms with Crippen molar-refractivity contribution >= 4 is 17.0 Å². The normalized spacial score (nSPS) is 11.5. The summed E-state index contributed by atoms with van der Waals surface area (Å²) in [5, 5.41) is 6.34. The van der Waals surface area contributed by atoms with E-state index in [1.54, 1.807) is 0 Å². The number of nitrogens with zero attached hydrogens (tertiary/aromatic N) is 2. The second-order valence-electron chi connectivity index (χ2n) is 8.19. The maximum absolute atomic E-state index is 5.04. The zero-order valence-corrected chi connectivity index (χ0v) is 18.8. The SMILES string of the molecule is CCCCCC/C=C/c1c(CCCCCC)c2ccccc2n[n+]1-c1ccccc1. The number of aryl methyl sites for hydroxylation is 1. The van der Waals surface area contributed by atoms with Crippen molar-refractivity contribution in [3.05, 3.63) is 71.9 Å². The molecule has 2 nitrogen and oxygen atoms in total. The fourth-order valence-corrected chi connectivity index (χ4v) is 4.06. The fourth-order valence-electron chi connectivity index (χ4n) is 4.06. The van der Waals surface area contributed by atoms with Crippen LogP contribution in [0.15, 0.2) is 60.7 Å². The molecule has 0 N–H and O–H groups in total. The van der Waals surface area contributed by atoms with Gasteiger partial charge in [0.2, 0.25) is 11.4 Å². The molecule has 0 saturated heterocycles. The van der Waals surface area contributed by atoms with Crippen molar-refractivity contribution in [1.29, 1.82) is 0 Å². The minimum Gasteiger partial charge on any atom is -0.0778 e. The minimum atomic E-state index is 1.08. The molecular weight excluding hydrogens is 364 g/mol. The van der Waals surface area contributed by atoms with Gasteiger partial charge in [-0.1, -0.05) is 94.8 Å². The van der Waals surface area contributed by atoms with Crippen LogP contribution in [0.25, 0.3) is 22.7 Å². The number of benzene rings is 2. The predicted molar refractivity (Wildman–Crippen MR) is 129 cm³/mol. The fraction of sp³-hybridized carbons (Fsp3) is 0.429. The molecule has 2 aromatic carbocycles. The Kier molecular flexibility index (Phi) is 9.08. The van der Waals surface area contributed by atoms with Crippen molar-refractivity contribution in [3.63, 3.8) is 0 Å². The van der Waals surface area contributed by atoms with Crippen molar-refractivity contribution in [2.24, 2.45) is 0 Å². The van der Waals surface area contributed by atoms with Crippen molar-refractivity contribution in [1.82, 2.24) is 5.10 Å². The zero-order chi connectivity index (χ0) is 21.0. The molecule has 0 radical (unpaired) electrons.